The van der Waals surface area contributed by atoms with Crippen LogP contribution in [0.3, 0.4) is 0 Å². The van der Waals surface area contributed by atoms with Crippen molar-refractivity contribution in [1.82, 2.24) is 14.7 Å². The smallest absolute Gasteiger partial charge is 0.227 e. The fraction of sp³-hybridized carbons (Fsp3) is 0.474. The number of likely N-dealkylation sites (N-methyl/N-ethyl adjacent to an activating group) is 1. The Kier molecular flexibility index (Phi) is 5.37. The Hall–Kier alpha value is -2.22. The molecule has 0 N–H and O–H groups in total. The number of halogens is 1. The van der Waals surface area contributed by atoms with Crippen LogP contribution in [0.15, 0.2) is 24.3 Å². The molecule has 0 unspecified atom stereocenters. The lowest BCUT2D eigenvalue weighted by atomic mass is 10.1. The maximum Gasteiger partial charge on any atom is 0.227 e. The summed E-state index contributed by atoms with van der Waals surface area (Å²) in [6.45, 7) is 4.16. The number of hydrogen-bond acceptors (Lipinski definition) is 4. The van der Waals surface area contributed by atoms with Gasteiger partial charge in [0.25, 0.3) is 0 Å². The van der Waals surface area contributed by atoms with Crippen LogP contribution in [-0.4, -0.2) is 47.6 Å². The molecule has 6 nitrogen and oxygen atoms in total. The Labute approximate surface area is 158 Å². The van der Waals surface area contributed by atoms with Gasteiger partial charge in [0.1, 0.15) is 5.82 Å². The topological polar surface area (TPSA) is 72.3 Å². The van der Waals surface area contributed by atoms with E-state index in [2.05, 4.69) is 5.10 Å². The van der Waals surface area contributed by atoms with E-state index in [4.69, 9.17) is 0 Å². The molecule has 1 aromatic heterocycles. The molecule has 1 aliphatic rings. The molecule has 8 heteroatoms. The summed E-state index contributed by atoms with van der Waals surface area (Å²) in [5.41, 5.74) is 3.24. The average Bonchev–Trinajstić information content (AvgIpc) is 3.08. The highest BCUT2D eigenvalue weighted by molar-refractivity contribution is 7.91. The Morgan fingerprint density at radius 2 is 2.11 bits per heavy atom. The van der Waals surface area contributed by atoms with Crippen molar-refractivity contribution in [3.8, 4) is 0 Å². The van der Waals surface area contributed by atoms with E-state index in [1.807, 2.05) is 13.8 Å². The van der Waals surface area contributed by atoms with Crippen LogP contribution in [0.25, 0.3) is 0 Å². The number of aromatic nitrogens is 2. The lowest BCUT2D eigenvalue weighted by Crippen LogP contribution is -2.28. The van der Waals surface area contributed by atoms with Crippen molar-refractivity contribution >= 4 is 15.7 Å². The van der Waals surface area contributed by atoms with Crippen LogP contribution < -0.4 is 0 Å². The van der Waals surface area contributed by atoms with Crippen molar-refractivity contribution < 1.29 is 17.6 Å². The zero-order valence-electron chi connectivity index (χ0n) is 15.8. The molecule has 3 rings (SSSR count). The Morgan fingerprint density at radius 3 is 2.74 bits per heavy atom. The van der Waals surface area contributed by atoms with E-state index >= 15 is 0 Å². The maximum absolute atomic E-state index is 13.3. The standard InChI is InChI=1S/C19H24FN3O3S/c1-13-18(14(2)23(21-13)17-7-8-27(25,26)12-17)11-22(3)19(24)10-15-5-4-6-16(20)9-15/h4-6,9,17H,7-8,10-12H2,1-3H3/t17-/m0/s1. The van der Waals surface area contributed by atoms with Crippen LogP contribution >= 0.6 is 0 Å². The number of carbonyl (C=O) groups is 1. The number of rotatable bonds is 5. The van der Waals surface area contributed by atoms with E-state index in [0.29, 0.717) is 18.5 Å². The van der Waals surface area contributed by atoms with E-state index in [1.54, 1.807) is 28.8 Å². The van der Waals surface area contributed by atoms with Gasteiger partial charge in [0.05, 0.1) is 29.7 Å². The molecule has 0 radical (unpaired) electrons. The molecule has 0 spiro atoms. The second-order valence-corrected chi connectivity index (χ2v) is 9.44. The maximum atomic E-state index is 13.3. The van der Waals surface area contributed by atoms with Gasteiger partial charge in [-0.2, -0.15) is 5.10 Å². The summed E-state index contributed by atoms with van der Waals surface area (Å²) >= 11 is 0. The number of amides is 1. The first kappa shape index (κ1) is 19.5. The van der Waals surface area contributed by atoms with Gasteiger partial charge in [0.15, 0.2) is 9.84 Å². The molecule has 0 bridgehead atoms. The second kappa shape index (κ2) is 7.42. The number of benzene rings is 1. The van der Waals surface area contributed by atoms with Crippen LogP contribution in [0.4, 0.5) is 4.39 Å². The molecule has 1 atom stereocenters. The summed E-state index contributed by atoms with van der Waals surface area (Å²) in [6, 6.07) is 5.88. The number of hydrogen-bond donors (Lipinski definition) is 0. The van der Waals surface area contributed by atoms with Gasteiger partial charge in [-0.15, -0.1) is 0 Å². The van der Waals surface area contributed by atoms with Crippen LogP contribution in [-0.2, 0) is 27.6 Å². The zero-order valence-corrected chi connectivity index (χ0v) is 16.6. The minimum atomic E-state index is -2.99. The SMILES string of the molecule is Cc1nn([C@H]2CCS(=O)(=O)C2)c(C)c1CN(C)C(=O)Cc1cccc(F)c1. The van der Waals surface area contributed by atoms with E-state index in [1.165, 1.54) is 12.1 Å². The molecular formula is C19H24FN3O3S. The summed E-state index contributed by atoms with van der Waals surface area (Å²) in [5.74, 6) is -0.168. The van der Waals surface area contributed by atoms with Crippen molar-refractivity contribution in [2.45, 2.75) is 39.3 Å². The van der Waals surface area contributed by atoms with E-state index in [0.717, 1.165) is 17.0 Å². The van der Waals surface area contributed by atoms with Gasteiger partial charge in [-0.25, -0.2) is 12.8 Å². The van der Waals surface area contributed by atoms with Gasteiger partial charge in [-0.1, -0.05) is 12.1 Å². The van der Waals surface area contributed by atoms with Gasteiger partial charge >= 0.3 is 0 Å². The van der Waals surface area contributed by atoms with Crippen LogP contribution in [0.2, 0.25) is 0 Å². The van der Waals surface area contributed by atoms with Crippen LogP contribution in [0, 0.1) is 19.7 Å². The molecule has 1 aliphatic heterocycles. The first-order valence-electron chi connectivity index (χ1n) is 8.89. The Balaban J connectivity index is 1.72. The third kappa shape index (κ3) is 4.37. The Bertz CT molecular complexity index is 969. The molecule has 146 valence electrons. The average molecular weight is 393 g/mol. The molecule has 1 fully saturated rings. The largest absolute Gasteiger partial charge is 0.341 e. The fourth-order valence-corrected chi connectivity index (χ4v) is 5.22. The molecular weight excluding hydrogens is 369 g/mol. The van der Waals surface area contributed by atoms with Crippen molar-refractivity contribution in [1.29, 1.82) is 0 Å². The molecule has 0 aliphatic carbocycles. The first-order valence-corrected chi connectivity index (χ1v) is 10.7. The highest BCUT2D eigenvalue weighted by Gasteiger charge is 2.31. The predicted molar refractivity (Wildman–Crippen MR) is 101 cm³/mol. The summed E-state index contributed by atoms with van der Waals surface area (Å²) in [6.07, 6.45) is 0.694. The zero-order chi connectivity index (χ0) is 19.8. The van der Waals surface area contributed by atoms with Crippen molar-refractivity contribution in [2.75, 3.05) is 18.6 Å². The molecule has 2 aromatic rings. The molecule has 2 heterocycles. The van der Waals surface area contributed by atoms with Gasteiger partial charge in [0, 0.05) is 24.8 Å². The van der Waals surface area contributed by atoms with Crippen LogP contribution in [0.1, 0.15) is 35.0 Å². The summed E-state index contributed by atoms with van der Waals surface area (Å²) < 4.78 is 38.6. The molecule has 1 amide bonds. The third-order valence-corrected chi connectivity index (χ3v) is 6.84. The first-order chi connectivity index (χ1) is 12.7. The monoisotopic (exact) mass is 393 g/mol. The summed E-state index contributed by atoms with van der Waals surface area (Å²) in [7, 11) is -1.29. The van der Waals surface area contributed by atoms with Gasteiger partial charge in [0.2, 0.25) is 5.91 Å². The molecule has 1 aromatic carbocycles. The number of nitrogens with zero attached hydrogens (tertiary/aromatic N) is 3. The molecule has 27 heavy (non-hydrogen) atoms. The number of aryl methyl sites for hydroxylation is 1. The van der Waals surface area contributed by atoms with E-state index < -0.39 is 9.84 Å². The minimum Gasteiger partial charge on any atom is -0.341 e. The van der Waals surface area contributed by atoms with E-state index in [-0.39, 0.29) is 35.7 Å². The molecule has 0 saturated carbocycles. The lowest BCUT2D eigenvalue weighted by Gasteiger charge is -2.18. The van der Waals surface area contributed by atoms with Gasteiger partial charge in [-0.05, 0) is 38.0 Å². The normalized spacial score (nSPS) is 18.6. The van der Waals surface area contributed by atoms with Gasteiger partial charge < -0.3 is 4.90 Å². The minimum absolute atomic E-state index is 0.114. The Morgan fingerprint density at radius 1 is 1.37 bits per heavy atom. The summed E-state index contributed by atoms with van der Waals surface area (Å²) in [5, 5.41) is 4.53. The van der Waals surface area contributed by atoms with Crippen molar-refractivity contribution in [2.24, 2.45) is 0 Å². The number of sulfone groups is 1. The van der Waals surface area contributed by atoms with Crippen LogP contribution in [0.5, 0.6) is 0 Å². The highest BCUT2D eigenvalue weighted by Crippen LogP contribution is 2.27. The van der Waals surface area contributed by atoms with Crippen molar-refractivity contribution in [3.05, 3.63) is 52.6 Å². The second-order valence-electron chi connectivity index (χ2n) is 7.21. The van der Waals surface area contributed by atoms with Gasteiger partial charge in [-0.3, -0.25) is 9.48 Å². The quantitative estimate of drug-likeness (QED) is 0.781. The summed E-state index contributed by atoms with van der Waals surface area (Å²) in [4.78, 5) is 14.1. The highest BCUT2D eigenvalue weighted by atomic mass is 32.2. The van der Waals surface area contributed by atoms with Crippen molar-refractivity contribution in [3.63, 3.8) is 0 Å². The van der Waals surface area contributed by atoms with E-state index in [9.17, 15) is 17.6 Å². The lowest BCUT2D eigenvalue weighted by molar-refractivity contribution is -0.129. The third-order valence-electron chi connectivity index (χ3n) is 5.09. The fourth-order valence-electron chi connectivity index (χ4n) is 3.53. The predicted octanol–water partition coefficient (Wildman–Crippen LogP) is 2.20. The number of carbonyl (C=O) groups excluding carboxylic acids is 1. The molecule has 1 saturated heterocycles.